The number of ether oxygens (including phenoxy) is 4. The van der Waals surface area contributed by atoms with Crippen molar-refractivity contribution < 1.29 is 70.0 Å². The summed E-state index contributed by atoms with van der Waals surface area (Å²) in [5.74, 6) is 0.328. The fourth-order valence-electron chi connectivity index (χ4n) is 14.3. The molecule has 21 atom stereocenters. The van der Waals surface area contributed by atoms with Gasteiger partial charge in [0.2, 0.25) is 0 Å². The number of aliphatic hydroxyl groups is 10. The van der Waals surface area contributed by atoms with Gasteiger partial charge in [0.05, 0.1) is 37.1 Å². The Bertz CT molecular complexity index is 1390. The molecule has 7 fully saturated rings. The minimum absolute atomic E-state index is 0.0933. The SMILES string of the molecule is CC(CC(O)C(O)C(C)(C)O)C1C(OC2OC(CO)C(O)C(O)C2O)CC2(C)C3CCC4C(C)(C)C(OC5OCC(O)C(O)C5O)CCC45CC35CCC12C. The molecule has 14 heteroatoms. The van der Waals surface area contributed by atoms with E-state index in [-0.39, 0.29) is 58.0 Å². The van der Waals surface area contributed by atoms with E-state index in [2.05, 4.69) is 27.7 Å². The Morgan fingerprint density at radius 3 is 2.05 bits per heavy atom. The van der Waals surface area contributed by atoms with Crippen LogP contribution >= 0.6 is 0 Å². The highest BCUT2D eigenvalue weighted by atomic mass is 16.7. The van der Waals surface area contributed by atoms with Crippen LogP contribution in [0, 0.1) is 50.7 Å². The molecule has 2 aliphatic heterocycles. The topological polar surface area (TPSA) is 239 Å². The van der Waals surface area contributed by atoms with E-state index >= 15 is 0 Å². The Kier molecular flexibility index (Phi) is 11.1. The highest BCUT2D eigenvalue weighted by Gasteiger charge is 2.83. The summed E-state index contributed by atoms with van der Waals surface area (Å²) in [4.78, 5) is 0. The fraction of sp³-hybridized carbons (Fsp3) is 1.00. The third-order valence-corrected chi connectivity index (χ3v) is 17.3. The standard InChI is InChI=1S/C41H70O14/c1-19(14-20(43)33(50)37(4,5)51)27-22(53-35-32(49)30(47)29(46)23(16-42)54-35)15-39(7)25-9-8-24-36(2,3)26(55-34-31(48)28(45)21(44)17-52-34)10-11-40(24)18-41(25,40)13-12-38(27,39)6/h19-35,42-51H,8-18H2,1-7H3. The van der Waals surface area contributed by atoms with Gasteiger partial charge >= 0.3 is 0 Å². The molecule has 55 heavy (non-hydrogen) atoms. The van der Waals surface area contributed by atoms with Gasteiger partial charge in [-0.25, -0.2) is 0 Å². The van der Waals surface area contributed by atoms with Crippen LogP contribution in [0.5, 0.6) is 0 Å². The van der Waals surface area contributed by atoms with Crippen molar-refractivity contribution in [2.24, 2.45) is 50.7 Å². The Morgan fingerprint density at radius 1 is 0.764 bits per heavy atom. The van der Waals surface area contributed by atoms with E-state index < -0.39 is 85.8 Å². The zero-order valence-corrected chi connectivity index (χ0v) is 33.7. The van der Waals surface area contributed by atoms with Gasteiger partial charge in [0.25, 0.3) is 0 Å². The maximum Gasteiger partial charge on any atom is 0.186 e. The summed E-state index contributed by atoms with van der Waals surface area (Å²) >= 11 is 0. The lowest BCUT2D eigenvalue weighted by Gasteiger charge is -2.63. The van der Waals surface area contributed by atoms with Crippen molar-refractivity contribution >= 4 is 0 Å². The van der Waals surface area contributed by atoms with Gasteiger partial charge < -0.3 is 70.0 Å². The van der Waals surface area contributed by atoms with Gasteiger partial charge in [-0.2, -0.15) is 0 Å². The van der Waals surface area contributed by atoms with Crippen molar-refractivity contribution in [3.05, 3.63) is 0 Å². The number of rotatable bonds is 10. The molecule has 0 radical (unpaired) electrons. The summed E-state index contributed by atoms with van der Waals surface area (Å²) in [6, 6.07) is 0. The van der Waals surface area contributed by atoms with Crippen LogP contribution in [-0.2, 0) is 18.9 Å². The quantitative estimate of drug-likeness (QED) is 0.136. The second-order valence-electron chi connectivity index (χ2n) is 20.7. The van der Waals surface area contributed by atoms with Gasteiger partial charge in [0.15, 0.2) is 12.6 Å². The summed E-state index contributed by atoms with van der Waals surface area (Å²) in [6.07, 6.45) is -7.65. The van der Waals surface area contributed by atoms with E-state index in [9.17, 15) is 51.1 Å². The molecular formula is C41H70O14. The number of aliphatic hydroxyl groups excluding tert-OH is 9. The first kappa shape index (κ1) is 42.6. The molecule has 7 aliphatic rings. The van der Waals surface area contributed by atoms with Crippen LogP contribution in [0.25, 0.3) is 0 Å². The first-order valence-electron chi connectivity index (χ1n) is 20.9. The van der Waals surface area contributed by atoms with E-state index in [0.29, 0.717) is 18.3 Å². The van der Waals surface area contributed by atoms with Gasteiger partial charge in [-0.1, -0.05) is 34.6 Å². The zero-order valence-electron chi connectivity index (χ0n) is 33.7. The summed E-state index contributed by atoms with van der Waals surface area (Å²) in [5.41, 5.74) is -2.11. The van der Waals surface area contributed by atoms with Gasteiger partial charge in [0, 0.05) is 0 Å². The Morgan fingerprint density at radius 2 is 1.40 bits per heavy atom. The maximum atomic E-state index is 11.2. The molecule has 10 N–H and O–H groups in total. The summed E-state index contributed by atoms with van der Waals surface area (Å²) in [6.45, 7) is 13.5. The maximum absolute atomic E-state index is 11.2. The monoisotopic (exact) mass is 786 g/mol. The van der Waals surface area contributed by atoms with Crippen LogP contribution in [0.1, 0.15) is 106 Å². The molecule has 7 rings (SSSR count). The van der Waals surface area contributed by atoms with Crippen LogP contribution in [-0.4, -0.2) is 150 Å². The lowest BCUT2D eigenvalue weighted by atomic mass is 9.41. The van der Waals surface area contributed by atoms with E-state index in [1.54, 1.807) is 0 Å². The lowest BCUT2D eigenvalue weighted by molar-refractivity contribution is -0.315. The van der Waals surface area contributed by atoms with Gasteiger partial charge in [-0.15, -0.1) is 0 Å². The minimum atomic E-state index is -1.58. The molecule has 2 saturated heterocycles. The van der Waals surface area contributed by atoms with Gasteiger partial charge in [0.1, 0.15) is 48.8 Å². The normalized spacial score (nSPS) is 53.6. The van der Waals surface area contributed by atoms with Crippen LogP contribution in [0.2, 0.25) is 0 Å². The molecule has 0 bridgehead atoms. The summed E-state index contributed by atoms with van der Waals surface area (Å²) < 4.78 is 24.8. The van der Waals surface area contributed by atoms with Crippen molar-refractivity contribution in [2.45, 2.75) is 192 Å². The Balaban J connectivity index is 1.16. The molecule has 0 aromatic heterocycles. The molecule has 5 saturated carbocycles. The van der Waals surface area contributed by atoms with E-state index in [1.807, 2.05) is 6.92 Å². The highest BCUT2D eigenvalue weighted by molar-refractivity contribution is 5.31. The van der Waals surface area contributed by atoms with Crippen molar-refractivity contribution in [2.75, 3.05) is 13.2 Å². The largest absolute Gasteiger partial charge is 0.394 e. The Labute approximate surface area is 325 Å². The third kappa shape index (κ3) is 6.33. The highest BCUT2D eigenvalue weighted by Crippen LogP contribution is 2.89. The average Bonchev–Trinajstić information content (AvgIpc) is 3.72. The molecular weight excluding hydrogens is 716 g/mol. The van der Waals surface area contributed by atoms with Crippen LogP contribution in [0.4, 0.5) is 0 Å². The van der Waals surface area contributed by atoms with Crippen LogP contribution < -0.4 is 0 Å². The van der Waals surface area contributed by atoms with E-state index in [1.165, 1.54) is 13.8 Å². The van der Waals surface area contributed by atoms with Crippen molar-refractivity contribution in [1.82, 2.24) is 0 Å². The minimum Gasteiger partial charge on any atom is -0.394 e. The van der Waals surface area contributed by atoms with Crippen LogP contribution in [0.3, 0.4) is 0 Å². The molecule has 14 nitrogen and oxygen atoms in total. The predicted molar refractivity (Wildman–Crippen MR) is 196 cm³/mol. The second-order valence-corrected chi connectivity index (χ2v) is 20.7. The van der Waals surface area contributed by atoms with Crippen molar-refractivity contribution in [3.8, 4) is 0 Å². The Hall–Kier alpha value is -0.560. The van der Waals surface area contributed by atoms with E-state index in [0.717, 1.165) is 44.9 Å². The summed E-state index contributed by atoms with van der Waals surface area (Å²) in [7, 11) is 0. The van der Waals surface area contributed by atoms with Gasteiger partial charge in [-0.3, -0.25) is 0 Å². The first-order chi connectivity index (χ1) is 25.5. The third-order valence-electron chi connectivity index (χ3n) is 17.3. The molecule has 0 aromatic carbocycles. The molecule has 2 heterocycles. The lowest BCUT2D eigenvalue weighted by Crippen LogP contribution is -2.60. The molecule has 0 aromatic rings. The molecule has 21 unspecified atom stereocenters. The smallest absolute Gasteiger partial charge is 0.186 e. The summed E-state index contributed by atoms with van der Waals surface area (Å²) in [5, 5.41) is 106. The zero-order chi connectivity index (χ0) is 40.4. The number of hydrogen-bond acceptors (Lipinski definition) is 14. The van der Waals surface area contributed by atoms with Crippen molar-refractivity contribution in [3.63, 3.8) is 0 Å². The number of hydrogen-bond donors (Lipinski definition) is 10. The molecule has 5 aliphatic carbocycles. The molecule has 318 valence electrons. The van der Waals surface area contributed by atoms with Gasteiger partial charge in [-0.05, 0) is 122 Å². The fourth-order valence-corrected chi connectivity index (χ4v) is 14.3. The molecule has 2 spiro atoms. The first-order valence-corrected chi connectivity index (χ1v) is 20.9. The van der Waals surface area contributed by atoms with Crippen molar-refractivity contribution in [1.29, 1.82) is 0 Å². The number of fused-ring (bicyclic) bond motifs is 2. The van der Waals surface area contributed by atoms with E-state index in [4.69, 9.17) is 18.9 Å². The molecule has 0 amide bonds. The second kappa shape index (κ2) is 14.3. The predicted octanol–water partition coefficient (Wildman–Crippen LogP) is 0.564. The van der Waals surface area contributed by atoms with Crippen LogP contribution in [0.15, 0.2) is 0 Å². The average molecular weight is 787 g/mol.